The lowest BCUT2D eigenvalue weighted by Gasteiger charge is -2.31. The van der Waals surface area contributed by atoms with Gasteiger partial charge in [0.25, 0.3) is 0 Å². The van der Waals surface area contributed by atoms with Crippen LogP contribution in [-0.2, 0) is 0 Å². The summed E-state index contributed by atoms with van der Waals surface area (Å²) in [6, 6.07) is 4.99. The SMILES string of the molecule is OC1CCC(NCC(c2ccco2)N2CCCC2)CC1. The topological polar surface area (TPSA) is 48.6 Å². The average Bonchev–Trinajstić information content (AvgIpc) is 3.14. The molecule has 0 bridgehead atoms. The number of aliphatic hydroxyl groups is 1. The Morgan fingerprint density at radius 1 is 1.25 bits per heavy atom. The van der Waals surface area contributed by atoms with Crippen molar-refractivity contribution in [1.29, 1.82) is 0 Å². The molecule has 1 aromatic heterocycles. The molecular formula is C16H26N2O2. The van der Waals surface area contributed by atoms with Crippen LogP contribution < -0.4 is 5.32 Å². The molecule has 4 nitrogen and oxygen atoms in total. The van der Waals surface area contributed by atoms with Gasteiger partial charge in [0.05, 0.1) is 18.4 Å². The highest BCUT2D eigenvalue weighted by molar-refractivity contribution is 5.06. The van der Waals surface area contributed by atoms with Gasteiger partial charge in [-0.2, -0.15) is 0 Å². The van der Waals surface area contributed by atoms with Crippen LogP contribution in [0.4, 0.5) is 0 Å². The Morgan fingerprint density at radius 2 is 2.00 bits per heavy atom. The van der Waals surface area contributed by atoms with E-state index in [1.165, 1.54) is 25.9 Å². The summed E-state index contributed by atoms with van der Waals surface area (Å²) in [7, 11) is 0. The van der Waals surface area contributed by atoms with Crippen molar-refractivity contribution in [2.45, 2.75) is 56.7 Å². The minimum atomic E-state index is -0.0764. The van der Waals surface area contributed by atoms with Gasteiger partial charge < -0.3 is 14.8 Å². The van der Waals surface area contributed by atoms with Crippen molar-refractivity contribution in [2.24, 2.45) is 0 Å². The molecule has 0 spiro atoms. The Morgan fingerprint density at radius 3 is 2.65 bits per heavy atom. The maximum Gasteiger partial charge on any atom is 0.122 e. The van der Waals surface area contributed by atoms with Crippen molar-refractivity contribution in [2.75, 3.05) is 19.6 Å². The maximum atomic E-state index is 9.58. The summed E-state index contributed by atoms with van der Waals surface area (Å²) >= 11 is 0. The van der Waals surface area contributed by atoms with E-state index in [2.05, 4.69) is 16.3 Å². The van der Waals surface area contributed by atoms with Crippen molar-refractivity contribution in [1.82, 2.24) is 10.2 Å². The van der Waals surface area contributed by atoms with Crippen LogP contribution in [0.1, 0.15) is 50.3 Å². The van der Waals surface area contributed by atoms with Gasteiger partial charge in [-0.3, -0.25) is 4.90 Å². The predicted molar refractivity (Wildman–Crippen MR) is 78.5 cm³/mol. The van der Waals surface area contributed by atoms with Gasteiger partial charge in [-0.15, -0.1) is 0 Å². The summed E-state index contributed by atoms with van der Waals surface area (Å²) < 4.78 is 5.64. The molecule has 1 aliphatic carbocycles. The molecule has 2 heterocycles. The minimum absolute atomic E-state index is 0.0764. The van der Waals surface area contributed by atoms with E-state index < -0.39 is 0 Å². The first-order chi connectivity index (χ1) is 9.83. The Bertz CT molecular complexity index is 379. The Hall–Kier alpha value is -0.840. The number of rotatable bonds is 5. The molecule has 1 aliphatic heterocycles. The van der Waals surface area contributed by atoms with Gasteiger partial charge in [-0.1, -0.05) is 0 Å². The number of likely N-dealkylation sites (tertiary alicyclic amines) is 1. The molecule has 1 aromatic rings. The molecule has 4 heteroatoms. The zero-order valence-electron chi connectivity index (χ0n) is 12.1. The molecule has 1 saturated heterocycles. The summed E-state index contributed by atoms with van der Waals surface area (Å²) in [4.78, 5) is 2.53. The van der Waals surface area contributed by atoms with Crippen LogP contribution in [0.5, 0.6) is 0 Å². The third-order valence-electron chi connectivity index (χ3n) is 4.75. The van der Waals surface area contributed by atoms with Gasteiger partial charge >= 0.3 is 0 Å². The monoisotopic (exact) mass is 278 g/mol. The summed E-state index contributed by atoms with van der Waals surface area (Å²) in [5, 5.41) is 13.3. The van der Waals surface area contributed by atoms with Crippen LogP contribution in [0.2, 0.25) is 0 Å². The van der Waals surface area contributed by atoms with E-state index in [9.17, 15) is 5.11 Å². The summed E-state index contributed by atoms with van der Waals surface area (Å²) in [5.74, 6) is 1.08. The van der Waals surface area contributed by atoms with Crippen LogP contribution in [0.3, 0.4) is 0 Å². The van der Waals surface area contributed by atoms with Crippen molar-refractivity contribution in [3.8, 4) is 0 Å². The second-order valence-corrected chi connectivity index (χ2v) is 6.19. The molecule has 0 radical (unpaired) electrons. The van der Waals surface area contributed by atoms with Gasteiger partial charge in [-0.25, -0.2) is 0 Å². The normalized spacial score (nSPS) is 29.6. The van der Waals surface area contributed by atoms with E-state index in [-0.39, 0.29) is 6.10 Å². The molecule has 3 rings (SSSR count). The quantitative estimate of drug-likeness (QED) is 0.868. The van der Waals surface area contributed by atoms with Gasteiger partial charge in [0, 0.05) is 12.6 Å². The van der Waals surface area contributed by atoms with Gasteiger partial charge in [-0.05, 0) is 63.7 Å². The molecule has 20 heavy (non-hydrogen) atoms. The maximum absolute atomic E-state index is 9.58. The van der Waals surface area contributed by atoms with Crippen LogP contribution >= 0.6 is 0 Å². The fraction of sp³-hybridized carbons (Fsp3) is 0.750. The molecule has 2 fully saturated rings. The van der Waals surface area contributed by atoms with Gasteiger partial charge in [0.1, 0.15) is 5.76 Å². The predicted octanol–water partition coefficient (Wildman–Crippen LogP) is 2.31. The largest absolute Gasteiger partial charge is 0.468 e. The van der Waals surface area contributed by atoms with Crippen LogP contribution in [0.25, 0.3) is 0 Å². The van der Waals surface area contributed by atoms with Crippen LogP contribution in [0, 0.1) is 0 Å². The Labute approximate surface area is 121 Å². The first-order valence-electron chi connectivity index (χ1n) is 8.02. The van der Waals surface area contributed by atoms with Crippen LogP contribution in [-0.4, -0.2) is 41.8 Å². The van der Waals surface area contributed by atoms with Gasteiger partial charge in [0.15, 0.2) is 0 Å². The molecule has 1 saturated carbocycles. The number of hydrogen-bond acceptors (Lipinski definition) is 4. The minimum Gasteiger partial charge on any atom is -0.468 e. The third-order valence-corrected chi connectivity index (χ3v) is 4.75. The Balaban J connectivity index is 1.56. The number of nitrogens with one attached hydrogen (secondary N) is 1. The number of hydrogen-bond donors (Lipinski definition) is 2. The average molecular weight is 278 g/mol. The summed E-state index contributed by atoms with van der Waals surface area (Å²) in [6.07, 6.45) is 8.35. The molecule has 0 amide bonds. The molecule has 2 N–H and O–H groups in total. The molecule has 0 aromatic carbocycles. The molecule has 112 valence electrons. The summed E-state index contributed by atoms with van der Waals surface area (Å²) in [5.41, 5.74) is 0. The van der Waals surface area contributed by atoms with Crippen molar-refractivity contribution < 1.29 is 9.52 Å². The molecule has 2 aliphatic rings. The highest BCUT2D eigenvalue weighted by Crippen LogP contribution is 2.26. The number of furan rings is 1. The fourth-order valence-electron chi connectivity index (χ4n) is 3.50. The zero-order chi connectivity index (χ0) is 13.8. The fourth-order valence-corrected chi connectivity index (χ4v) is 3.50. The first kappa shape index (κ1) is 14.1. The molecule has 1 atom stereocenters. The third kappa shape index (κ3) is 3.43. The van der Waals surface area contributed by atoms with Crippen LogP contribution in [0.15, 0.2) is 22.8 Å². The lowest BCUT2D eigenvalue weighted by atomic mass is 9.93. The second kappa shape index (κ2) is 6.74. The number of aliphatic hydroxyl groups excluding tert-OH is 1. The second-order valence-electron chi connectivity index (χ2n) is 6.19. The van der Waals surface area contributed by atoms with E-state index in [4.69, 9.17) is 4.42 Å². The van der Waals surface area contributed by atoms with Crippen molar-refractivity contribution >= 4 is 0 Å². The highest BCUT2D eigenvalue weighted by atomic mass is 16.3. The number of nitrogens with zero attached hydrogens (tertiary/aromatic N) is 1. The van der Waals surface area contributed by atoms with E-state index in [0.717, 1.165) is 38.0 Å². The highest BCUT2D eigenvalue weighted by Gasteiger charge is 2.27. The van der Waals surface area contributed by atoms with Gasteiger partial charge in [0.2, 0.25) is 0 Å². The molecular weight excluding hydrogens is 252 g/mol. The zero-order valence-corrected chi connectivity index (χ0v) is 12.1. The van der Waals surface area contributed by atoms with E-state index in [1.54, 1.807) is 6.26 Å². The lowest BCUT2D eigenvalue weighted by Crippen LogP contribution is -2.40. The van der Waals surface area contributed by atoms with Crippen molar-refractivity contribution in [3.63, 3.8) is 0 Å². The van der Waals surface area contributed by atoms with E-state index in [0.29, 0.717) is 12.1 Å². The molecule has 1 unspecified atom stereocenters. The van der Waals surface area contributed by atoms with E-state index >= 15 is 0 Å². The Kier molecular flexibility index (Phi) is 4.76. The van der Waals surface area contributed by atoms with Crippen molar-refractivity contribution in [3.05, 3.63) is 24.2 Å². The standard InChI is InChI=1S/C16H26N2O2/c19-14-7-5-13(6-8-14)17-12-15(16-4-3-11-20-16)18-9-1-2-10-18/h3-4,11,13-15,17,19H,1-2,5-10,12H2. The first-order valence-corrected chi connectivity index (χ1v) is 8.02. The van der Waals surface area contributed by atoms with E-state index in [1.807, 2.05) is 6.07 Å². The summed E-state index contributed by atoms with van der Waals surface area (Å²) in [6.45, 7) is 3.31. The smallest absolute Gasteiger partial charge is 0.122 e. The lowest BCUT2D eigenvalue weighted by molar-refractivity contribution is 0.113.